The first-order valence-corrected chi connectivity index (χ1v) is 6.09. The van der Waals surface area contributed by atoms with Crippen molar-refractivity contribution in [3.63, 3.8) is 0 Å². The number of carbonyl (C=O) groups is 1. The number of hydrogen-bond donors (Lipinski definition) is 1. The second-order valence-electron chi connectivity index (χ2n) is 4.12. The molecule has 0 saturated heterocycles. The van der Waals surface area contributed by atoms with Crippen LogP contribution in [0.5, 0.6) is 0 Å². The Morgan fingerprint density at radius 3 is 2.89 bits per heavy atom. The van der Waals surface area contributed by atoms with Crippen molar-refractivity contribution < 1.29 is 9.18 Å². The molecule has 0 saturated carbocycles. The quantitative estimate of drug-likeness (QED) is 0.935. The van der Waals surface area contributed by atoms with Crippen molar-refractivity contribution in [2.45, 2.75) is 13.3 Å². The van der Waals surface area contributed by atoms with Gasteiger partial charge in [-0.3, -0.25) is 9.78 Å². The molecule has 19 heavy (non-hydrogen) atoms. The Balaban J connectivity index is 2.12. The van der Waals surface area contributed by atoms with E-state index >= 15 is 0 Å². The number of rotatable bonds is 3. The Labute approximate surface area is 115 Å². The summed E-state index contributed by atoms with van der Waals surface area (Å²) in [5.74, 6) is -0.811. The predicted octanol–water partition coefficient (Wildman–Crippen LogP) is 3.36. The molecule has 1 N–H and O–H groups in total. The number of carbonyl (C=O) groups excluding carboxylic acids is 1. The van der Waals surface area contributed by atoms with Crippen LogP contribution in [-0.4, -0.2) is 10.9 Å². The van der Waals surface area contributed by atoms with Gasteiger partial charge in [0.25, 0.3) is 0 Å². The van der Waals surface area contributed by atoms with Crippen LogP contribution < -0.4 is 5.32 Å². The Hall–Kier alpha value is -1.94. The van der Waals surface area contributed by atoms with Gasteiger partial charge in [-0.05, 0) is 30.7 Å². The lowest BCUT2D eigenvalue weighted by Crippen LogP contribution is -2.16. The van der Waals surface area contributed by atoms with E-state index in [-0.39, 0.29) is 22.9 Å². The highest BCUT2D eigenvalue weighted by Gasteiger charge is 2.12. The Bertz CT molecular complexity index is 596. The van der Waals surface area contributed by atoms with Crippen molar-refractivity contribution in [1.29, 1.82) is 0 Å². The van der Waals surface area contributed by atoms with Gasteiger partial charge >= 0.3 is 0 Å². The molecule has 1 amide bonds. The maximum Gasteiger partial charge on any atom is 0.229 e. The lowest BCUT2D eigenvalue weighted by molar-refractivity contribution is -0.115. The summed E-state index contributed by atoms with van der Waals surface area (Å²) >= 11 is 5.88. The second-order valence-corrected chi connectivity index (χ2v) is 4.52. The van der Waals surface area contributed by atoms with E-state index in [1.165, 1.54) is 12.1 Å². The number of aryl methyl sites for hydroxylation is 1. The van der Waals surface area contributed by atoms with Crippen LogP contribution >= 0.6 is 11.6 Å². The van der Waals surface area contributed by atoms with Crippen LogP contribution in [0, 0.1) is 12.7 Å². The number of benzene rings is 1. The van der Waals surface area contributed by atoms with Crippen molar-refractivity contribution in [3.8, 4) is 0 Å². The van der Waals surface area contributed by atoms with Gasteiger partial charge in [-0.15, -0.1) is 0 Å². The van der Waals surface area contributed by atoms with Gasteiger partial charge in [-0.2, -0.15) is 0 Å². The van der Waals surface area contributed by atoms with Gasteiger partial charge < -0.3 is 5.32 Å². The summed E-state index contributed by atoms with van der Waals surface area (Å²) in [7, 11) is 0. The van der Waals surface area contributed by atoms with E-state index in [2.05, 4.69) is 10.3 Å². The van der Waals surface area contributed by atoms with Crippen molar-refractivity contribution in [1.82, 2.24) is 4.98 Å². The molecule has 0 aliphatic carbocycles. The topological polar surface area (TPSA) is 42.0 Å². The molecule has 0 bridgehead atoms. The number of nitrogens with one attached hydrogen (secondary N) is 1. The van der Waals surface area contributed by atoms with E-state index in [0.29, 0.717) is 5.69 Å². The fraction of sp³-hybridized carbons (Fsp3) is 0.143. The molecule has 0 aliphatic heterocycles. The lowest BCUT2D eigenvalue weighted by atomic mass is 10.1. The van der Waals surface area contributed by atoms with Gasteiger partial charge in [0.1, 0.15) is 5.82 Å². The number of aromatic nitrogens is 1. The second kappa shape index (κ2) is 5.80. The molecule has 0 aliphatic rings. The third kappa shape index (κ3) is 3.29. The van der Waals surface area contributed by atoms with Crippen LogP contribution in [0.3, 0.4) is 0 Å². The largest absolute Gasteiger partial charge is 0.324 e. The molecule has 2 rings (SSSR count). The van der Waals surface area contributed by atoms with E-state index in [1.807, 2.05) is 6.92 Å². The highest BCUT2D eigenvalue weighted by atomic mass is 35.5. The van der Waals surface area contributed by atoms with Crippen molar-refractivity contribution in [3.05, 3.63) is 58.6 Å². The molecule has 1 aromatic heterocycles. The molecule has 0 spiro atoms. The standard InChI is InChI=1S/C14H12ClFN2O/c1-9-5-6-17-8-13(9)18-14(19)7-10-11(15)3-2-4-12(10)16/h2-6,8H,7H2,1H3,(H,18,19). The summed E-state index contributed by atoms with van der Waals surface area (Å²) in [5.41, 5.74) is 1.70. The normalized spacial score (nSPS) is 10.3. The Kier molecular flexibility index (Phi) is 4.12. The van der Waals surface area contributed by atoms with Crippen LogP contribution in [0.15, 0.2) is 36.7 Å². The number of anilines is 1. The van der Waals surface area contributed by atoms with Crippen LogP contribution in [-0.2, 0) is 11.2 Å². The number of nitrogens with zero attached hydrogens (tertiary/aromatic N) is 1. The van der Waals surface area contributed by atoms with Gasteiger partial charge in [0.15, 0.2) is 0 Å². The zero-order valence-electron chi connectivity index (χ0n) is 10.3. The minimum Gasteiger partial charge on any atom is -0.324 e. The van der Waals surface area contributed by atoms with Crippen molar-refractivity contribution in [2.24, 2.45) is 0 Å². The van der Waals surface area contributed by atoms with Crippen LogP contribution in [0.4, 0.5) is 10.1 Å². The SMILES string of the molecule is Cc1ccncc1NC(=O)Cc1c(F)cccc1Cl. The number of pyridine rings is 1. The summed E-state index contributed by atoms with van der Waals surface area (Å²) in [6, 6.07) is 6.13. The molecule has 1 heterocycles. The van der Waals surface area contributed by atoms with Gasteiger partial charge in [0.2, 0.25) is 5.91 Å². The maximum absolute atomic E-state index is 13.6. The van der Waals surface area contributed by atoms with Gasteiger partial charge in [0, 0.05) is 16.8 Å². The van der Waals surface area contributed by atoms with Gasteiger partial charge in [0.05, 0.1) is 18.3 Å². The van der Waals surface area contributed by atoms with Crippen LogP contribution in [0.1, 0.15) is 11.1 Å². The van der Waals surface area contributed by atoms with Crippen LogP contribution in [0.2, 0.25) is 5.02 Å². The minimum absolute atomic E-state index is 0.111. The van der Waals surface area contributed by atoms with Gasteiger partial charge in [-0.25, -0.2) is 4.39 Å². The molecule has 0 atom stereocenters. The molecule has 3 nitrogen and oxygen atoms in total. The number of hydrogen-bond acceptors (Lipinski definition) is 2. The number of amides is 1. The van der Waals surface area contributed by atoms with E-state index in [0.717, 1.165) is 5.56 Å². The molecular weight excluding hydrogens is 267 g/mol. The van der Waals surface area contributed by atoms with Gasteiger partial charge in [-0.1, -0.05) is 17.7 Å². The summed E-state index contributed by atoms with van der Waals surface area (Å²) in [5, 5.41) is 2.93. The molecule has 98 valence electrons. The molecule has 0 radical (unpaired) electrons. The van der Waals surface area contributed by atoms with E-state index < -0.39 is 5.82 Å². The van der Waals surface area contributed by atoms with Crippen molar-refractivity contribution >= 4 is 23.2 Å². The van der Waals surface area contributed by atoms with E-state index in [9.17, 15) is 9.18 Å². The van der Waals surface area contributed by atoms with Crippen molar-refractivity contribution in [2.75, 3.05) is 5.32 Å². The molecule has 0 unspecified atom stereocenters. The highest BCUT2D eigenvalue weighted by Crippen LogP contribution is 2.20. The predicted molar refractivity (Wildman–Crippen MR) is 72.7 cm³/mol. The summed E-state index contributed by atoms with van der Waals surface area (Å²) < 4.78 is 13.6. The summed E-state index contributed by atoms with van der Waals surface area (Å²) in [6.07, 6.45) is 3.08. The van der Waals surface area contributed by atoms with Crippen LogP contribution in [0.25, 0.3) is 0 Å². The molecule has 1 aromatic carbocycles. The Morgan fingerprint density at radius 2 is 2.21 bits per heavy atom. The zero-order valence-corrected chi connectivity index (χ0v) is 11.0. The average Bonchev–Trinajstić information content (AvgIpc) is 2.37. The third-order valence-corrected chi connectivity index (χ3v) is 3.07. The lowest BCUT2D eigenvalue weighted by Gasteiger charge is -2.09. The summed E-state index contributed by atoms with van der Waals surface area (Å²) in [6.45, 7) is 1.85. The first-order chi connectivity index (χ1) is 9.08. The average molecular weight is 279 g/mol. The Morgan fingerprint density at radius 1 is 1.42 bits per heavy atom. The molecule has 0 fully saturated rings. The monoisotopic (exact) mass is 278 g/mol. The van der Waals surface area contributed by atoms with E-state index in [1.54, 1.807) is 24.5 Å². The highest BCUT2D eigenvalue weighted by molar-refractivity contribution is 6.31. The molecule has 2 aromatic rings. The first kappa shape index (κ1) is 13.5. The minimum atomic E-state index is -0.481. The fourth-order valence-corrected chi connectivity index (χ4v) is 1.88. The molecule has 5 heteroatoms. The van der Waals surface area contributed by atoms with E-state index in [4.69, 9.17) is 11.6 Å². The first-order valence-electron chi connectivity index (χ1n) is 5.71. The third-order valence-electron chi connectivity index (χ3n) is 2.71. The molecular formula is C14H12ClFN2O. The maximum atomic E-state index is 13.6. The smallest absolute Gasteiger partial charge is 0.229 e. The summed E-state index contributed by atoms with van der Waals surface area (Å²) in [4.78, 5) is 15.8. The zero-order chi connectivity index (χ0) is 13.8. The number of halogens is 2. The fourth-order valence-electron chi connectivity index (χ4n) is 1.65.